The Hall–Kier alpha value is -7.50. The first-order valence-corrected chi connectivity index (χ1v) is 18.4. The van der Waals surface area contributed by atoms with Crippen LogP contribution < -0.4 is 4.90 Å². The molecule has 11 aromatic rings. The molecule has 0 fully saturated rings. The molecule has 0 aliphatic carbocycles. The number of aromatic nitrogens is 2. The predicted octanol–water partition coefficient (Wildman–Crippen LogP) is 13.9. The van der Waals surface area contributed by atoms with Crippen molar-refractivity contribution >= 4 is 71.8 Å². The molecule has 5 heteroatoms. The van der Waals surface area contributed by atoms with Crippen LogP contribution in [0, 0.1) is 0 Å². The zero-order valence-electron chi connectivity index (χ0n) is 29.6. The van der Waals surface area contributed by atoms with Crippen LogP contribution in [0.3, 0.4) is 0 Å². The van der Waals surface area contributed by atoms with Gasteiger partial charge in [-0.15, -0.1) is 0 Å². The maximum Gasteiger partial charge on any atom is 0.180 e. The topological polar surface area (TPSA) is 55.3 Å². The molecule has 3 heterocycles. The minimum absolute atomic E-state index is 0.630. The van der Waals surface area contributed by atoms with Crippen molar-refractivity contribution in [2.45, 2.75) is 0 Å². The highest BCUT2D eigenvalue weighted by Gasteiger charge is 2.24. The third-order valence-corrected chi connectivity index (χ3v) is 10.5. The molecule has 5 nitrogen and oxygen atoms in total. The first kappa shape index (κ1) is 31.1. The van der Waals surface area contributed by atoms with Crippen LogP contribution >= 0.6 is 0 Å². The van der Waals surface area contributed by atoms with Crippen LogP contribution in [0.1, 0.15) is 0 Å². The van der Waals surface area contributed by atoms with Crippen molar-refractivity contribution in [2.75, 3.05) is 4.90 Å². The fourth-order valence-corrected chi connectivity index (χ4v) is 7.91. The van der Waals surface area contributed by atoms with Gasteiger partial charge in [-0.3, -0.25) is 0 Å². The quantitative estimate of drug-likeness (QED) is 0.172. The van der Waals surface area contributed by atoms with Crippen molar-refractivity contribution in [1.29, 1.82) is 0 Å². The smallest absolute Gasteiger partial charge is 0.180 e. The van der Waals surface area contributed by atoms with E-state index in [0.717, 1.165) is 88.6 Å². The predicted molar refractivity (Wildman–Crippen MR) is 225 cm³/mol. The minimum Gasteiger partial charge on any atom is -0.453 e. The molecular formula is C50H31N3O2. The lowest BCUT2D eigenvalue weighted by Gasteiger charge is -2.25. The van der Waals surface area contributed by atoms with Crippen molar-refractivity contribution in [3.63, 3.8) is 0 Å². The van der Waals surface area contributed by atoms with Crippen molar-refractivity contribution < 1.29 is 8.83 Å². The normalized spacial score (nSPS) is 11.6. The first-order valence-electron chi connectivity index (χ1n) is 18.4. The number of nitrogens with zero attached hydrogens (tertiary/aromatic N) is 3. The molecule has 11 rings (SSSR count). The second kappa shape index (κ2) is 12.6. The standard InChI is InChI=1S/C50H31N3O2/c1-4-15-32(16-5-1)33-27-29-36(30-28-33)53(35-19-8-3-9-20-35)43-25-14-24-39-41-31-42(37-21-10-11-22-38(37)47(41)55-48(39)43)50-51-45(34-17-6-2-7-18-34)49-46(52-50)40-23-12-13-26-44(40)54-49/h1-31H. The van der Waals surface area contributed by atoms with Crippen LogP contribution in [0.5, 0.6) is 0 Å². The Morgan fingerprint density at radius 1 is 0.382 bits per heavy atom. The summed E-state index contributed by atoms with van der Waals surface area (Å²) in [6, 6.07) is 64.9. The van der Waals surface area contributed by atoms with E-state index in [9.17, 15) is 0 Å². The molecule has 0 aliphatic rings. The molecule has 0 spiro atoms. The second-order valence-electron chi connectivity index (χ2n) is 13.7. The molecule has 0 saturated heterocycles. The molecule has 55 heavy (non-hydrogen) atoms. The van der Waals surface area contributed by atoms with E-state index in [0.29, 0.717) is 11.4 Å². The van der Waals surface area contributed by atoms with Crippen LogP contribution in [0.4, 0.5) is 17.1 Å². The Morgan fingerprint density at radius 2 is 0.964 bits per heavy atom. The molecule has 0 saturated carbocycles. The third kappa shape index (κ3) is 5.09. The van der Waals surface area contributed by atoms with Crippen LogP contribution in [0.15, 0.2) is 197 Å². The van der Waals surface area contributed by atoms with Crippen LogP contribution in [-0.2, 0) is 0 Å². The Bertz CT molecular complexity index is 3190. The number of hydrogen-bond donors (Lipinski definition) is 0. The molecule has 0 N–H and O–H groups in total. The van der Waals surface area contributed by atoms with Gasteiger partial charge in [-0.2, -0.15) is 0 Å². The average molecular weight is 706 g/mol. The summed E-state index contributed by atoms with van der Waals surface area (Å²) in [7, 11) is 0. The molecule has 3 aromatic heterocycles. The summed E-state index contributed by atoms with van der Waals surface area (Å²) < 4.78 is 13.4. The molecule has 0 bridgehead atoms. The van der Waals surface area contributed by atoms with Crippen LogP contribution in [0.2, 0.25) is 0 Å². The van der Waals surface area contributed by atoms with E-state index >= 15 is 0 Å². The Labute approximate surface area is 316 Å². The number of anilines is 3. The van der Waals surface area contributed by atoms with E-state index in [1.165, 1.54) is 5.56 Å². The average Bonchev–Trinajstić information content (AvgIpc) is 3.84. The number of furan rings is 2. The van der Waals surface area contributed by atoms with Crippen molar-refractivity contribution in [1.82, 2.24) is 9.97 Å². The molecule has 0 unspecified atom stereocenters. The summed E-state index contributed by atoms with van der Waals surface area (Å²) in [5, 5.41) is 4.98. The number of hydrogen-bond acceptors (Lipinski definition) is 5. The Kier molecular flexibility index (Phi) is 7.10. The number of fused-ring (bicyclic) bond motifs is 8. The van der Waals surface area contributed by atoms with Gasteiger partial charge < -0.3 is 13.7 Å². The van der Waals surface area contributed by atoms with Gasteiger partial charge in [0.1, 0.15) is 22.4 Å². The largest absolute Gasteiger partial charge is 0.453 e. The highest BCUT2D eigenvalue weighted by Crippen LogP contribution is 2.46. The lowest BCUT2D eigenvalue weighted by molar-refractivity contribution is 0.667. The summed E-state index contributed by atoms with van der Waals surface area (Å²) >= 11 is 0. The van der Waals surface area contributed by atoms with E-state index in [1.54, 1.807) is 0 Å². The highest BCUT2D eigenvalue weighted by molar-refractivity contribution is 6.21. The molecule has 0 radical (unpaired) electrons. The molecule has 0 atom stereocenters. The maximum atomic E-state index is 7.02. The zero-order chi connectivity index (χ0) is 36.3. The van der Waals surface area contributed by atoms with Crippen molar-refractivity contribution in [3.05, 3.63) is 188 Å². The lowest BCUT2D eigenvalue weighted by atomic mass is 9.99. The summed E-state index contributed by atoms with van der Waals surface area (Å²) in [4.78, 5) is 12.8. The molecular weight excluding hydrogens is 675 g/mol. The second-order valence-corrected chi connectivity index (χ2v) is 13.7. The third-order valence-electron chi connectivity index (χ3n) is 10.5. The van der Waals surface area contributed by atoms with E-state index in [-0.39, 0.29) is 0 Å². The zero-order valence-corrected chi connectivity index (χ0v) is 29.6. The molecule has 258 valence electrons. The monoisotopic (exact) mass is 705 g/mol. The summed E-state index contributed by atoms with van der Waals surface area (Å²) in [5.74, 6) is 0.630. The SMILES string of the molecule is c1ccc(-c2ccc(N(c3ccccc3)c3cccc4c3oc3c5ccccc5c(-c5nc(-c6ccccc6)c6oc7ccccc7c6n5)cc43)cc2)cc1. The van der Waals surface area contributed by atoms with Gasteiger partial charge in [0.25, 0.3) is 0 Å². The van der Waals surface area contributed by atoms with Gasteiger partial charge in [-0.25, -0.2) is 9.97 Å². The Balaban J connectivity index is 1.15. The number of benzene rings is 8. The van der Waals surface area contributed by atoms with Gasteiger partial charge in [-0.05, 0) is 65.0 Å². The molecule has 8 aromatic carbocycles. The summed E-state index contributed by atoms with van der Waals surface area (Å²) in [6.45, 7) is 0. The van der Waals surface area contributed by atoms with Crippen molar-refractivity contribution in [2.24, 2.45) is 0 Å². The Morgan fingerprint density at radius 3 is 1.73 bits per heavy atom. The molecule has 0 amide bonds. The summed E-state index contributed by atoms with van der Waals surface area (Å²) in [6.07, 6.45) is 0. The fraction of sp³-hybridized carbons (Fsp3) is 0. The van der Waals surface area contributed by atoms with Gasteiger partial charge in [-0.1, -0.05) is 140 Å². The highest BCUT2D eigenvalue weighted by atomic mass is 16.3. The van der Waals surface area contributed by atoms with E-state index < -0.39 is 0 Å². The van der Waals surface area contributed by atoms with Crippen molar-refractivity contribution in [3.8, 4) is 33.8 Å². The summed E-state index contributed by atoms with van der Waals surface area (Å²) in [5.41, 5.74) is 11.9. The van der Waals surface area contributed by atoms with E-state index in [1.807, 2.05) is 48.5 Å². The van der Waals surface area contributed by atoms with Gasteiger partial charge in [0, 0.05) is 44.0 Å². The number of para-hydroxylation sites is 3. The maximum absolute atomic E-state index is 7.02. The lowest BCUT2D eigenvalue weighted by Crippen LogP contribution is -2.10. The van der Waals surface area contributed by atoms with Gasteiger partial charge in [0.2, 0.25) is 0 Å². The first-order chi connectivity index (χ1) is 27.3. The molecule has 0 aliphatic heterocycles. The number of rotatable bonds is 6. The van der Waals surface area contributed by atoms with Gasteiger partial charge >= 0.3 is 0 Å². The van der Waals surface area contributed by atoms with E-state index in [4.69, 9.17) is 18.8 Å². The minimum atomic E-state index is 0.630. The van der Waals surface area contributed by atoms with E-state index in [2.05, 4.69) is 144 Å². The van der Waals surface area contributed by atoms with Gasteiger partial charge in [0.05, 0.1) is 5.69 Å². The van der Waals surface area contributed by atoms with Crippen LogP contribution in [-0.4, -0.2) is 9.97 Å². The van der Waals surface area contributed by atoms with Gasteiger partial charge in [0.15, 0.2) is 17.0 Å². The van der Waals surface area contributed by atoms with Crippen LogP contribution in [0.25, 0.3) is 88.6 Å². The fourth-order valence-electron chi connectivity index (χ4n) is 7.91.